The first-order chi connectivity index (χ1) is 7.88. The van der Waals surface area contributed by atoms with E-state index in [0.717, 1.165) is 24.0 Å². The maximum Gasteiger partial charge on any atom is 0.165 e. The van der Waals surface area contributed by atoms with Crippen LogP contribution in [0.15, 0.2) is 24.3 Å². The van der Waals surface area contributed by atoms with Gasteiger partial charge in [0, 0.05) is 11.5 Å². The van der Waals surface area contributed by atoms with Gasteiger partial charge in [-0.1, -0.05) is 65.3 Å². The molecule has 1 rings (SSSR count). The third-order valence-electron chi connectivity index (χ3n) is 3.17. The lowest BCUT2D eigenvalue weighted by Crippen LogP contribution is -2.20. The second-order valence-corrected chi connectivity index (χ2v) is 5.85. The van der Waals surface area contributed by atoms with Gasteiger partial charge in [-0.05, 0) is 17.4 Å². The maximum absolute atomic E-state index is 12.4. The molecule has 0 heterocycles. The molecule has 94 valence electrons. The van der Waals surface area contributed by atoms with Crippen molar-refractivity contribution >= 4 is 5.78 Å². The van der Waals surface area contributed by atoms with Crippen molar-refractivity contribution in [2.24, 2.45) is 5.92 Å². The number of benzene rings is 1. The second-order valence-electron chi connectivity index (χ2n) is 5.85. The molecule has 0 aliphatic rings. The number of carbonyl (C=O) groups excluding carboxylic acids is 1. The zero-order valence-corrected chi connectivity index (χ0v) is 11.7. The number of hydrogen-bond acceptors (Lipinski definition) is 1. The molecule has 0 spiro atoms. The van der Waals surface area contributed by atoms with E-state index in [1.165, 1.54) is 0 Å². The number of carbonyl (C=O) groups is 1. The van der Waals surface area contributed by atoms with Crippen molar-refractivity contribution in [2.45, 2.75) is 52.9 Å². The van der Waals surface area contributed by atoms with Crippen LogP contribution in [0.2, 0.25) is 0 Å². The molecule has 0 bridgehead atoms. The summed E-state index contributed by atoms with van der Waals surface area (Å²) < 4.78 is 0. The van der Waals surface area contributed by atoms with E-state index in [1.807, 2.05) is 25.1 Å². The van der Waals surface area contributed by atoms with Gasteiger partial charge in [0.25, 0.3) is 0 Å². The molecule has 1 aromatic rings. The molecule has 1 nitrogen and oxygen atoms in total. The Morgan fingerprint density at radius 3 is 2.35 bits per heavy atom. The highest BCUT2D eigenvalue weighted by Gasteiger charge is 2.23. The molecule has 1 aromatic carbocycles. The summed E-state index contributed by atoms with van der Waals surface area (Å²) >= 11 is 0. The van der Waals surface area contributed by atoms with Crippen LogP contribution in [0.5, 0.6) is 0 Å². The molecule has 0 amide bonds. The van der Waals surface area contributed by atoms with Gasteiger partial charge >= 0.3 is 0 Å². The first-order valence-corrected chi connectivity index (χ1v) is 6.51. The lowest BCUT2D eigenvalue weighted by atomic mass is 9.80. The topological polar surface area (TPSA) is 17.1 Å². The highest BCUT2D eigenvalue weighted by Crippen LogP contribution is 2.28. The van der Waals surface area contributed by atoms with Crippen molar-refractivity contribution in [1.82, 2.24) is 0 Å². The van der Waals surface area contributed by atoms with Gasteiger partial charge in [0.15, 0.2) is 5.78 Å². The molecule has 1 atom stereocenters. The van der Waals surface area contributed by atoms with Crippen molar-refractivity contribution in [1.29, 1.82) is 0 Å². The predicted octanol–water partition coefficient (Wildman–Crippen LogP) is 4.60. The average Bonchev–Trinajstić information content (AvgIpc) is 2.27. The zero-order valence-electron chi connectivity index (χ0n) is 11.7. The number of rotatable bonds is 4. The Hall–Kier alpha value is -1.11. The smallest absolute Gasteiger partial charge is 0.165 e. The normalized spacial score (nSPS) is 13.5. The monoisotopic (exact) mass is 232 g/mol. The van der Waals surface area contributed by atoms with Crippen molar-refractivity contribution in [3.8, 4) is 0 Å². The van der Waals surface area contributed by atoms with Crippen LogP contribution in [0.25, 0.3) is 0 Å². The lowest BCUT2D eigenvalue weighted by molar-refractivity contribution is 0.0921. The minimum Gasteiger partial charge on any atom is -0.294 e. The molecule has 0 saturated carbocycles. The molecule has 1 heteroatoms. The van der Waals surface area contributed by atoms with E-state index >= 15 is 0 Å². The molecule has 1 unspecified atom stereocenters. The maximum atomic E-state index is 12.4. The van der Waals surface area contributed by atoms with Gasteiger partial charge in [-0.15, -0.1) is 0 Å². The Balaban J connectivity index is 3.10. The van der Waals surface area contributed by atoms with E-state index in [0.29, 0.717) is 0 Å². The fourth-order valence-corrected chi connectivity index (χ4v) is 2.18. The average molecular weight is 232 g/mol. The second kappa shape index (κ2) is 5.48. The Kier molecular flexibility index (Phi) is 4.50. The predicted molar refractivity (Wildman–Crippen MR) is 73.5 cm³/mol. The van der Waals surface area contributed by atoms with Gasteiger partial charge < -0.3 is 0 Å². The minimum atomic E-state index is 0.0260. The summed E-state index contributed by atoms with van der Waals surface area (Å²) in [7, 11) is 0. The van der Waals surface area contributed by atoms with Gasteiger partial charge in [0.1, 0.15) is 0 Å². The minimum absolute atomic E-state index is 0.0260. The number of ketones is 1. The molecular formula is C16H24O. The standard InChI is InChI=1S/C16H24O/c1-6-9-12(2)15(17)13-10-7-8-11-14(13)16(3,4)5/h7-8,10-12H,6,9H2,1-5H3. The molecule has 0 fully saturated rings. The summed E-state index contributed by atoms with van der Waals surface area (Å²) in [4.78, 5) is 12.4. The zero-order chi connectivity index (χ0) is 13.1. The van der Waals surface area contributed by atoms with E-state index in [9.17, 15) is 4.79 Å². The van der Waals surface area contributed by atoms with E-state index < -0.39 is 0 Å². The summed E-state index contributed by atoms with van der Waals surface area (Å²) in [5.41, 5.74) is 2.09. The van der Waals surface area contributed by atoms with Crippen LogP contribution in [-0.2, 0) is 5.41 Å². The third-order valence-corrected chi connectivity index (χ3v) is 3.17. The van der Waals surface area contributed by atoms with Gasteiger partial charge in [0.2, 0.25) is 0 Å². The number of Topliss-reactive ketones (excluding diaryl/α,β-unsaturated/α-hetero) is 1. The van der Waals surface area contributed by atoms with Crippen molar-refractivity contribution in [3.05, 3.63) is 35.4 Å². The molecule has 0 aliphatic carbocycles. The first-order valence-electron chi connectivity index (χ1n) is 6.51. The molecule has 17 heavy (non-hydrogen) atoms. The van der Waals surface area contributed by atoms with E-state index in [1.54, 1.807) is 0 Å². The lowest BCUT2D eigenvalue weighted by Gasteiger charge is -2.23. The summed E-state index contributed by atoms with van der Waals surface area (Å²) in [5, 5.41) is 0. The van der Waals surface area contributed by atoms with Crippen LogP contribution < -0.4 is 0 Å². The van der Waals surface area contributed by atoms with Crippen LogP contribution in [0, 0.1) is 5.92 Å². The SMILES string of the molecule is CCCC(C)C(=O)c1ccccc1C(C)(C)C. The fourth-order valence-electron chi connectivity index (χ4n) is 2.18. The van der Waals surface area contributed by atoms with Crippen LogP contribution in [0.1, 0.15) is 63.4 Å². The van der Waals surface area contributed by atoms with E-state index in [-0.39, 0.29) is 17.1 Å². The Morgan fingerprint density at radius 2 is 1.82 bits per heavy atom. The van der Waals surface area contributed by atoms with Crippen molar-refractivity contribution in [2.75, 3.05) is 0 Å². The van der Waals surface area contributed by atoms with Crippen LogP contribution in [0.4, 0.5) is 0 Å². The molecule has 0 aliphatic heterocycles. The molecule has 0 aromatic heterocycles. The highest BCUT2D eigenvalue weighted by molar-refractivity contribution is 5.99. The molecule has 0 radical (unpaired) electrons. The van der Waals surface area contributed by atoms with Gasteiger partial charge in [0.05, 0.1) is 0 Å². The van der Waals surface area contributed by atoms with Gasteiger partial charge in [-0.2, -0.15) is 0 Å². The molecule has 0 saturated heterocycles. The molecular weight excluding hydrogens is 208 g/mol. The Morgan fingerprint density at radius 1 is 1.24 bits per heavy atom. The largest absolute Gasteiger partial charge is 0.294 e. The third kappa shape index (κ3) is 3.42. The summed E-state index contributed by atoms with van der Waals surface area (Å²) in [6.07, 6.45) is 2.03. The Labute approximate surface area is 105 Å². The summed E-state index contributed by atoms with van der Waals surface area (Å²) in [6, 6.07) is 8.02. The Bertz CT molecular complexity index is 385. The van der Waals surface area contributed by atoms with Gasteiger partial charge in [-0.3, -0.25) is 4.79 Å². The first kappa shape index (κ1) is 14.0. The van der Waals surface area contributed by atoms with E-state index in [2.05, 4.69) is 33.8 Å². The quantitative estimate of drug-likeness (QED) is 0.693. The summed E-state index contributed by atoms with van der Waals surface area (Å²) in [6.45, 7) is 10.6. The van der Waals surface area contributed by atoms with Crippen LogP contribution in [-0.4, -0.2) is 5.78 Å². The van der Waals surface area contributed by atoms with Crippen molar-refractivity contribution in [3.63, 3.8) is 0 Å². The molecule has 0 N–H and O–H groups in total. The summed E-state index contributed by atoms with van der Waals surface area (Å²) in [5.74, 6) is 0.417. The van der Waals surface area contributed by atoms with Gasteiger partial charge in [-0.25, -0.2) is 0 Å². The highest BCUT2D eigenvalue weighted by atomic mass is 16.1. The van der Waals surface area contributed by atoms with Crippen LogP contribution >= 0.6 is 0 Å². The number of hydrogen-bond donors (Lipinski definition) is 0. The van der Waals surface area contributed by atoms with E-state index in [4.69, 9.17) is 0 Å². The van der Waals surface area contributed by atoms with Crippen LogP contribution in [0.3, 0.4) is 0 Å². The van der Waals surface area contributed by atoms with Crippen molar-refractivity contribution < 1.29 is 4.79 Å². The fraction of sp³-hybridized carbons (Fsp3) is 0.562.